The van der Waals surface area contributed by atoms with E-state index in [0.717, 1.165) is 35.5 Å². The largest absolute Gasteiger partial charge is 0.0599 e. The fourth-order valence-corrected chi connectivity index (χ4v) is 7.17. The van der Waals surface area contributed by atoms with Crippen molar-refractivity contribution in [2.45, 2.75) is 131 Å². The second-order valence-corrected chi connectivity index (χ2v) is 13.5. The molecule has 164 valence electrons. The summed E-state index contributed by atoms with van der Waals surface area (Å²) < 4.78 is 0. The summed E-state index contributed by atoms with van der Waals surface area (Å²) in [6.07, 6.45) is 21.5. The van der Waals surface area contributed by atoms with Crippen LogP contribution in [0.5, 0.6) is 0 Å². The summed E-state index contributed by atoms with van der Waals surface area (Å²) in [5.41, 5.74) is 1.07. The Bertz CT molecular complexity index is 393. The molecule has 0 saturated heterocycles. The number of hydrogen-bond acceptors (Lipinski definition) is 0. The van der Waals surface area contributed by atoms with Crippen LogP contribution >= 0.6 is 0 Å². The van der Waals surface area contributed by atoms with E-state index in [1.165, 1.54) is 51.4 Å². The molecule has 3 rings (SSSR count). The molecule has 3 aliphatic carbocycles. The third-order valence-electron chi connectivity index (χ3n) is 9.44. The Morgan fingerprint density at radius 3 is 0.821 bits per heavy atom. The lowest BCUT2D eigenvalue weighted by Gasteiger charge is -2.40. The first-order valence-electron chi connectivity index (χ1n) is 13.1. The summed E-state index contributed by atoms with van der Waals surface area (Å²) in [7, 11) is 0. The fourth-order valence-electron chi connectivity index (χ4n) is 7.17. The molecule has 0 spiro atoms. The highest BCUT2D eigenvalue weighted by atomic mass is 14.4. The Morgan fingerprint density at radius 2 is 0.607 bits per heavy atom. The van der Waals surface area contributed by atoms with Crippen LogP contribution in [0.2, 0.25) is 0 Å². The van der Waals surface area contributed by atoms with Gasteiger partial charge < -0.3 is 0 Å². The minimum Gasteiger partial charge on any atom is -0.0599 e. The molecule has 0 nitrogen and oxygen atoms in total. The van der Waals surface area contributed by atoms with E-state index >= 15 is 0 Å². The highest BCUT2D eigenvalue weighted by Crippen LogP contribution is 2.46. The Hall–Kier alpha value is 0. The minimum absolute atomic E-state index is 0.537. The van der Waals surface area contributed by atoms with Crippen LogP contribution in [-0.4, -0.2) is 0 Å². The second kappa shape index (κ2) is 9.43. The predicted octanol–water partition coefficient (Wildman–Crippen LogP) is 9.28. The lowest BCUT2D eigenvalue weighted by Crippen LogP contribution is -2.28. The monoisotopic (exact) mass is 388 g/mol. The zero-order chi connectivity index (χ0) is 20.4. The second-order valence-electron chi connectivity index (χ2n) is 13.5. The lowest BCUT2D eigenvalue weighted by atomic mass is 9.66. The van der Waals surface area contributed by atoms with Gasteiger partial charge in [0, 0.05) is 0 Å². The summed E-state index contributed by atoms with van der Waals surface area (Å²) in [4.78, 5) is 0. The molecular formula is C28H52. The maximum atomic E-state index is 2.45. The molecule has 0 aromatic heterocycles. The van der Waals surface area contributed by atoms with Crippen LogP contribution in [0.25, 0.3) is 0 Å². The predicted molar refractivity (Wildman–Crippen MR) is 124 cm³/mol. The summed E-state index contributed by atoms with van der Waals surface area (Å²) in [5, 5.41) is 0. The van der Waals surface area contributed by atoms with Gasteiger partial charge in [-0.1, -0.05) is 92.9 Å². The SMILES string of the molecule is CC(C)(C)C1CCC(CC2CCC(CC3CCC(C(C)(C)C)CC3)CC2)CC1. The zero-order valence-electron chi connectivity index (χ0n) is 20.4. The Labute approximate surface area is 178 Å². The van der Waals surface area contributed by atoms with Gasteiger partial charge in [-0.2, -0.15) is 0 Å². The maximum absolute atomic E-state index is 2.45. The van der Waals surface area contributed by atoms with Crippen LogP contribution in [0.1, 0.15) is 131 Å². The van der Waals surface area contributed by atoms with E-state index in [2.05, 4.69) is 41.5 Å². The normalized spacial score (nSPS) is 38.4. The Kier molecular flexibility index (Phi) is 7.64. The van der Waals surface area contributed by atoms with Crippen LogP contribution < -0.4 is 0 Å². The fraction of sp³-hybridized carbons (Fsp3) is 1.00. The van der Waals surface area contributed by atoms with Gasteiger partial charge in [0.15, 0.2) is 0 Å². The lowest BCUT2D eigenvalue weighted by molar-refractivity contribution is 0.116. The molecule has 28 heavy (non-hydrogen) atoms. The minimum atomic E-state index is 0.537. The first kappa shape index (κ1) is 22.7. The van der Waals surface area contributed by atoms with Crippen molar-refractivity contribution >= 4 is 0 Å². The van der Waals surface area contributed by atoms with Crippen molar-refractivity contribution in [3.8, 4) is 0 Å². The van der Waals surface area contributed by atoms with E-state index < -0.39 is 0 Å². The molecule has 0 aromatic rings. The van der Waals surface area contributed by atoms with Crippen LogP contribution in [0.15, 0.2) is 0 Å². The first-order valence-corrected chi connectivity index (χ1v) is 13.1. The molecule has 0 N–H and O–H groups in total. The molecule has 3 saturated carbocycles. The van der Waals surface area contributed by atoms with Crippen molar-refractivity contribution in [2.75, 3.05) is 0 Å². The molecule has 0 heteroatoms. The molecule has 0 heterocycles. The Balaban J connectivity index is 1.31. The van der Waals surface area contributed by atoms with Crippen LogP contribution in [0.3, 0.4) is 0 Å². The summed E-state index contributed by atoms with van der Waals surface area (Å²) in [6, 6.07) is 0. The molecule has 0 amide bonds. The third kappa shape index (κ3) is 6.50. The van der Waals surface area contributed by atoms with Gasteiger partial charge in [0.1, 0.15) is 0 Å². The summed E-state index contributed by atoms with van der Waals surface area (Å²) >= 11 is 0. The Morgan fingerprint density at radius 1 is 0.393 bits per heavy atom. The van der Waals surface area contributed by atoms with Gasteiger partial charge in [0.2, 0.25) is 0 Å². The highest BCUT2D eigenvalue weighted by Gasteiger charge is 2.33. The molecule has 3 aliphatic rings. The summed E-state index contributed by atoms with van der Waals surface area (Å²) in [5.74, 6) is 6.23. The van der Waals surface area contributed by atoms with Crippen LogP contribution in [0.4, 0.5) is 0 Å². The smallest absolute Gasteiger partial charge is 0.0354 e. The molecule has 0 radical (unpaired) electrons. The zero-order valence-corrected chi connectivity index (χ0v) is 20.4. The van der Waals surface area contributed by atoms with Gasteiger partial charge in [-0.15, -0.1) is 0 Å². The molecule has 3 fully saturated rings. The number of rotatable bonds is 4. The molecule has 0 aliphatic heterocycles. The first-order chi connectivity index (χ1) is 13.1. The van der Waals surface area contributed by atoms with Gasteiger partial charge in [0.25, 0.3) is 0 Å². The van der Waals surface area contributed by atoms with Gasteiger partial charge >= 0.3 is 0 Å². The van der Waals surface area contributed by atoms with Gasteiger partial charge in [-0.25, -0.2) is 0 Å². The van der Waals surface area contributed by atoms with Gasteiger partial charge in [-0.05, 0) is 84.9 Å². The van der Waals surface area contributed by atoms with Gasteiger partial charge in [0.05, 0.1) is 0 Å². The van der Waals surface area contributed by atoms with Crippen LogP contribution in [-0.2, 0) is 0 Å². The van der Waals surface area contributed by atoms with Crippen molar-refractivity contribution in [1.29, 1.82) is 0 Å². The average Bonchev–Trinajstić information content (AvgIpc) is 2.63. The van der Waals surface area contributed by atoms with E-state index in [-0.39, 0.29) is 0 Å². The number of hydrogen-bond donors (Lipinski definition) is 0. The average molecular weight is 389 g/mol. The van der Waals surface area contributed by atoms with E-state index in [4.69, 9.17) is 0 Å². The van der Waals surface area contributed by atoms with E-state index in [0.29, 0.717) is 10.8 Å². The van der Waals surface area contributed by atoms with Crippen molar-refractivity contribution in [3.63, 3.8) is 0 Å². The molecule has 0 unspecified atom stereocenters. The topological polar surface area (TPSA) is 0 Å². The van der Waals surface area contributed by atoms with E-state index in [1.54, 1.807) is 38.5 Å². The molecule has 0 atom stereocenters. The van der Waals surface area contributed by atoms with Crippen molar-refractivity contribution in [2.24, 2.45) is 46.3 Å². The standard InChI is InChI=1S/C28H52/c1-27(2,3)25-15-11-23(12-16-25)19-21-7-9-22(10-8-21)20-24-13-17-26(18-14-24)28(4,5)6/h21-26H,7-20H2,1-6H3. The van der Waals surface area contributed by atoms with Gasteiger partial charge in [-0.3, -0.25) is 0 Å². The third-order valence-corrected chi connectivity index (χ3v) is 9.44. The molecule has 0 aromatic carbocycles. The quantitative estimate of drug-likeness (QED) is 0.450. The maximum Gasteiger partial charge on any atom is -0.0354 e. The van der Waals surface area contributed by atoms with Crippen LogP contribution in [0, 0.1) is 46.3 Å². The van der Waals surface area contributed by atoms with Crippen molar-refractivity contribution in [1.82, 2.24) is 0 Å². The highest BCUT2D eigenvalue weighted by molar-refractivity contribution is 4.85. The molecule has 0 bridgehead atoms. The molecular weight excluding hydrogens is 336 g/mol. The van der Waals surface area contributed by atoms with E-state index in [1.807, 2.05) is 0 Å². The van der Waals surface area contributed by atoms with Crippen molar-refractivity contribution in [3.05, 3.63) is 0 Å². The van der Waals surface area contributed by atoms with E-state index in [9.17, 15) is 0 Å². The van der Waals surface area contributed by atoms with Crippen molar-refractivity contribution < 1.29 is 0 Å². The summed E-state index contributed by atoms with van der Waals surface area (Å²) in [6.45, 7) is 14.7.